The minimum Gasteiger partial charge on any atom is -0.463 e. The van der Waals surface area contributed by atoms with Gasteiger partial charge < -0.3 is 20.4 Å². The van der Waals surface area contributed by atoms with Crippen LogP contribution in [0.15, 0.2) is 0 Å². The summed E-state index contributed by atoms with van der Waals surface area (Å²) in [5.41, 5.74) is -0.203. The number of aliphatic hydroxyl groups is 1. The molecule has 2 unspecified atom stereocenters. The maximum Gasteiger partial charge on any atom is 0.309 e. The van der Waals surface area contributed by atoms with E-state index in [1.165, 1.54) is 0 Å². The lowest BCUT2D eigenvalue weighted by Gasteiger charge is -2.36. The molecular formula is C16H31BN2O4. The van der Waals surface area contributed by atoms with E-state index < -0.39 is 12.1 Å². The van der Waals surface area contributed by atoms with Crippen LogP contribution in [0.1, 0.15) is 54.4 Å². The molecule has 0 saturated carbocycles. The minimum absolute atomic E-state index is 0.00973. The van der Waals surface area contributed by atoms with E-state index >= 15 is 0 Å². The second kappa shape index (κ2) is 9.16. The van der Waals surface area contributed by atoms with Crippen LogP contribution in [0.3, 0.4) is 0 Å². The third-order valence-corrected chi connectivity index (χ3v) is 4.07. The molecule has 6 nitrogen and oxygen atoms in total. The van der Waals surface area contributed by atoms with Crippen LogP contribution in [0.4, 0.5) is 4.79 Å². The average molecular weight is 326 g/mol. The van der Waals surface area contributed by atoms with Gasteiger partial charge in [-0.15, -0.1) is 0 Å². The number of hydrogen-bond donors (Lipinski definition) is 3. The van der Waals surface area contributed by atoms with Gasteiger partial charge in [0.1, 0.15) is 6.61 Å². The van der Waals surface area contributed by atoms with E-state index in [0.717, 1.165) is 6.42 Å². The van der Waals surface area contributed by atoms with Crippen LogP contribution in [-0.2, 0) is 9.53 Å². The molecule has 7 heteroatoms. The van der Waals surface area contributed by atoms with E-state index in [0.29, 0.717) is 6.42 Å². The molecule has 3 N–H and O–H groups in total. The Bertz CT molecular complexity index is 394. The van der Waals surface area contributed by atoms with Crippen LogP contribution < -0.4 is 10.5 Å². The lowest BCUT2D eigenvalue weighted by molar-refractivity contribution is -0.155. The van der Waals surface area contributed by atoms with E-state index in [1.807, 2.05) is 26.0 Å². The highest BCUT2D eigenvalue weighted by Gasteiger charge is 2.38. The number of carbonyl (C=O) groups is 2. The molecule has 0 aliphatic rings. The number of hydrogen-bond acceptors (Lipinski definition) is 4. The van der Waals surface area contributed by atoms with Crippen molar-refractivity contribution in [2.24, 2.45) is 16.7 Å². The molecule has 0 aliphatic heterocycles. The fourth-order valence-electron chi connectivity index (χ4n) is 2.19. The largest absolute Gasteiger partial charge is 0.463 e. The summed E-state index contributed by atoms with van der Waals surface area (Å²) in [5, 5.41) is 13.6. The smallest absolute Gasteiger partial charge is 0.309 e. The molecule has 2 amide bonds. The number of urea groups is 1. The summed E-state index contributed by atoms with van der Waals surface area (Å²) in [6.45, 7) is 12.0. The van der Waals surface area contributed by atoms with E-state index in [2.05, 4.69) is 26.1 Å². The SMILES string of the molecule is [B]NC(=O)NC(CO)COC(=O)C(CC(C)(C)C)C(C)(C)CC. The standard InChI is InChI=1S/C16H31BN2O4/c1-7-16(5,6)12(8-15(2,3)4)13(21)23-10-11(9-20)18-14(22)19-17/h11-12,20H,7-10H2,1-6H3,(H2,18,19,22). The van der Waals surface area contributed by atoms with Gasteiger partial charge in [0.15, 0.2) is 0 Å². The quantitative estimate of drug-likeness (QED) is 0.468. The van der Waals surface area contributed by atoms with E-state index in [1.54, 1.807) is 0 Å². The minimum atomic E-state index is -0.692. The van der Waals surface area contributed by atoms with Crippen molar-refractivity contribution in [2.45, 2.75) is 60.4 Å². The maximum absolute atomic E-state index is 12.5. The zero-order valence-corrected chi connectivity index (χ0v) is 15.2. The Balaban J connectivity index is 4.86. The molecule has 0 saturated heterocycles. The van der Waals surface area contributed by atoms with Crippen LogP contribution in [0.25, 0.3) is 0 Å². The molecule has 0 rings (SSSR count). The molecule has 0 aromatic heterocycles. The first-order valence-electron chi connectivity index (χ1n) is 8.01. The fraction of sp³-hybridized carbons (Fsp3) is 0.875. The van der Waals surface area contributed by atoms with Gasteiger partial charge in [-0.25, -0.2) is 0 Å². The average Bonchev–Trinajstić information content (AvgIpc) is 2.47. The number of carbonyl (C=O) groups excluding carboxylic acids is 2. The first kappa shape index (κ1) is 21.8. The Morgan fingerprint density at radius 2 is 1.78 bits per heavy atom. The van der Waals surface area contributed by atoms with E-state index in [9.17, 15) is 14.7 Å². The molecule has 0 aliphatic carbocycles. The highest BCUT2D eigenvalue weighted by atomic mass is 16.5. The molecule has 0 aromatic carbocycles. The highest BCUT2D eigenvalue weighted by Crippen LogP contribution is 2.39. The van der Waals surface area contributed by atoms with Crippen molar-refractivity contribution in [1.29, 1.82) is 0 Å². The number of nitrogens with one attached hydrogen (secondary N) is 2. The Labute approximate surface area is 141 Å². The first-order valence-corrected chi connectivity index (χ1v) is 8.01. The lowest BCUT2D eigenvalue weighted by Crippen LogP contribution is -2.46. The molecule has 0 heterocycles. The third-order valence-electron chi connectivity index (χ3n) is 4.07. The summed E-state index contributed by atoms with van der Waals surface area (Å²) in [7, 11) is 4.97. The maximum atomic E-state index is 12.5. The van der Waals surface area contributed by atoms with Crippen molar-refractivity contribution >= 4 is 20.0 Å². The molecule has 0 fully saturated rings. The molecule has 23 heavy (non-hydrogen) atoms. The van der Waals surface area contributed by atoms with Crippen LogP contribution in [0.2, 0.25) is 0 Å². The second-order valence-corrected chi connectivity index (χ2v) is 7.79. The summed E-state index contributed by atoms with van der Waals surface area (Å²) in [4.78, 5) is 23.7. The molecule has 0 spiro atoms. The number of aliphatic hydroxyl groups excluding tert-OH is 1. The van der Waals surface area contributed by atoms with Crippen molar-refractivity contribution in [3.63, 3.8) is 0 Å². The van der Waals surface area contributed by atoms with Crippen molar-refractivity contribution in [3.8, 4) is 0 Å². The summed E-state index contributed by atoms with van der Waals surface area (Å²) < 4.78 is 5.35. The normalized spacial score (nSPS) is 14.7. The van der Waals surface area contributed by atoms with Crippen LogP contribution in [0, 0.1) is 16.7 Å². The van der Waals surface area contributed by atoms with Crippen molar-refractivity contribution in [1.82, 2.24) is 10.5 Å². The Kier molecular flexibility index (Phi) is 8.66. The summed E-state index contributed by atoms with van der Waals surface area (Å²) in [5.74, 6) is -0.560. The Morgan fingerprint density at radius 3 is 2.17 bits per heavy atom. The van der Waals surface area contributed by atoms with Gasteiger partial charge >= 0.3 is 12.0 Å². The van der Waals surface area contributed by atoms with Crippen molar-refractivity contribution < 1.29 is 19.4 Å². The first-order chi connectivity index (χ1) is 10.5. The highest BCUT2D eigenvalue weighted by molar-refractivity contribution is 6.13. The van der Waals surface area contributed by atoms with E-state index in [4.69, 9.17) is 12.7 Å². The second-order valence-electron chi connectivity index (χ2n) is 7.79. The Hall–Kier alpha value is -1.24. The van der Waals surface area contributed by atoms with Crippen molar-refractivity contribution in [2.75, 3.05) is 13.2 Å². The predicted molar refractivity (Wildman–Crippen MR) is 90.9 cm³/mol. The third kappa shape index (κ3) is 8.25. The van der Waals surface area contributed by atoms with Crippen LogP contribution in [0.5, 0.6) is 0 Å². The zero-order valence-electron chi connectivity index (χ0n) is 15.2. The number of rotatable bonds is 8. The van der Waals surface area contributed by atoms with E-state index in [-0.39, 0.29) is 35.9 Å². The number of amides is 2. The van der Waals surface area contributed by atoms with Crippen molar-refractivity contribution in [3.05, 3.63) is 0 Å². The van der Waals surface area contributed by atoms with Crippen LogP contribution in [-0.4, -0.2) is 44.3 Å². The molecule has 2 radical (unpaired) electrons. The molecule has 2 atom stereocenters. The number of ether oxygens (including phenoxy) is 1. The molecular weight excluding hydrogens is 295 g/mol. The monoisotopic (exact) mass is 326 g/mol. The van der Waals surface area contributed by atoms with Gasteiger partial charge in [-0.2, -0.15) is 0 Å². The van der Waals surface area contributed by atoms with Gasteiger partial charge in [0.05, 0.1) is 18.6 Å². The predicted octanol–water partition coefficient (Wildman–Crippen LogP) is 1.76. The topological polar surface area (TPSA) is 87.7 Å². The zero-order chi connectivity index (χ0) is 18.3. The van der Waals surface area contributed by atoms with Gasteiger partial charge in [-0.3, -0.25) is 9.59 Å². The summed E-state index contributed by atoms with van der Waals surface area (Å²) in [6, 6.07) is -1.33. The van der Waals surface area contributed by atoms with Gasteiger partial charge in [-0.1, -0.05) is 48.0 Å². The lowest BCUT2D eigenvalue weighted by atomic mass is 9.70. The van der Waals surface area contributed by atoms with Gasteiger partial charge in [0, 0.05) is 0 Å². The summed E-state index contributed by atoms with van der Waals surface area (Å²) >= 11 is 0. The Morgan fingerprint density at radius 1 is 1.22 bits per heavy atom. The van der Waals surface area contributed by atoms with Crippen LogP contribution >= 0.6 is 0 Å². The number of esters is 1. The summed E-state index contributed by atoms with van der Waals surface area (Å²) in [6.07, 6.45) is 1.55. The molecule has 0 aromatic rings. The molecule has 0 bridgehead atoms. The van der Waals surface area contributed by atoms with Gasteiger partial charge in [0.2, 0.25) is 7.98 Å². The fourth-order valence-corrected chi connectivity index (χ4v) is 2.19. The van der Waals surface area contributed by atoms with Gasteiger partial charge in [-0.05, 0) is 17.3 Å². The molecule has 132 valence electrons. The van der Waals surface area contributed by atoms with Gasteiger partial charge in [0.25, 0.3) is 0 Å².